The Bertz CT molecular complexity index is 629. The molecule has 19 heavy (non-hydrogen) atoms. The smallest absolute Gasteiger partial charge is 0.186 e. The molecule has 1 atom stereocenters. The first kappa shape index (κ1) is 13.2. The van der Waals surface area contributed by atoms with E-state index in [1.54, 1.807) is 0 Å². The van der Waals surface area contributed by atoms with Crippen molar-refractivity contribution in [3.63, 3.8) is 0 Å². The molecule has 98 valence electrons. The molecule has 5 heteroatoms. The highest BCUT2D eigenvalue weighted by Gasteiger charge is 2.23. The Morgan fingerprint density at radius 1 is 1.37 bits per heavy atom. The molecule has 0 fully saturated rings. The first-order valence-corrected chi connectivity index (χ1v) is 6.18. The van der Waals surface area contributed by atoms with Crippen LogP contribution in [0.3, 0.4) is 0 Å². The SMILES string of the molecule is CCC(C)(CO)Nc1c(C#N)nnc2ccccc12. The number of fused-ring (bicyclic) bond motifs is 1. The second-order valence-electron chi connectivity index (χ2n) is 4.75. The lowest BCUT2D eigenvalue weighted by atomic mass is 9.99. The summed E-state index contributed by atoms with van der Waals surface area (Å²) < 4.78 is 0. The molecule has 2 rings (SSSR count). The number of anilines is 1. The molecule has 0 aliphatic heterocycles. The van der Waals surface area contributed by atoms with Crippen LogP contribution in [0.5, 0.6) is 0 Å². The van der Waals surface area contributed by atoms with Crippen molar-refractivity contribution < 1.29 is 5.11 Å². The summed E-state index contributed by atoms with van der Waals surface area (Å²) in [5.74, 6) is 0. The Labute approximate surface area is 111 Å². The van der Waals surface area contributed by atoms with Crippen LogP contribution in [0.15, 0.2) is 24.3 Å². The summed E-state index contributed by atoms with van der Waals surface area (Å²) in [5, 5.41) is 30.7. The fraction of sp³-hybridized carbons (Fsp3) is 0.357. The van der Waals surface area contributed by atoms with Crippen LogP contribution in [0.1, 0.15) is 26.0 Å². The van der Waals surface area contributed by atoms with Gasteiger partial charge in [0.1, 0.15) is 6.07 Å². The molecular formula is C14H16N4O. The molecule has 0 aliphatic carbocycles. The first-order chi connectivity index (χ1) is 9.13. The zero-order valence-electron chi connectivity index (χ0n) is 11.0. The van der Waals surface area contributed by atoms with Gasteiger partial charge in [0.25, 0.3) is 0 Å². The summed E-state index contributed by atoms with van der Waals surface area (Å²) in [6, 6.07) is 9.53. The number of aliphatic hydroxyl groups is 1. The summed E-state index contributed by atoms with van der Waals surface area (Å²) in [7, 11) is 0. The number of rotatable bonds is 4. The van der Waals surface area contributed by atoms with Crippen molar-refractivity contribution in [2.75, 3.05) is 11.9 Å². The van der Waals surface area contributed by atoms with E-state index in [1.165, 1.54) is 0 Å². The van der Waals surface area contributed by atoms with Crippen LogP contribution in [-0.4, -0.2) is 27.4 Å². The van der Waals surface area contributed by atoms with Crippen LogP contribution in [0, 0.1) is 11.3 Å². The van der Waals surface area contributed by atoms with Crippen LogP contribution < -0.4 is 5.32 Å². The molecule has 1 aromatic heterocycles. The van der Waals surface area contributed by atoms with Gasteiger partial charge in [-0.2, -0.15) is 5.26 Å². The highest BCUT2D eigenvalue weighted by atomic mass is 16.3. The number of nitriles is 1. The lowest BCUT2D eigenvalue weighted by molar-refractivity contribution is 0.219. The average molecular weight is 256 g/mol. The van der Waals surface area contributed by atoms with Gasteiger partial charge in [-0.3, -0.25) is 0 Å². The van der Waals surface area contributed by atoms with Crippen molar-refractivity contribution in [1.82, 2.24) is 10.2 Å². The van der Waals surface area contributed by atoms with E-state index >= 15 is 0 Å². The molecule has 5 nitrogen and oxygen atoms in total. The van der Waals surface area contributed by atoms with E-state index in [2.05, 4.69) is 15.5 Å². The Morgan fingerprint density at radius 2 is 2.11 bits per heavy atom. The number of aliphatic hydroxyl groups excluding tert-OH is 1. The molecule has 2 N–H and O–H groups in total. The minimum absolute atomic E-state index is 0.0228. The van der Waals surface area contributed by atoms with Gasteiger partial charge in [0.2, 0.25) is 0 Å². The third-order valence-electron chi connectivity index (χ3n) is 3.33. The van der Waals surface area contributed by atoms with Crippen molar-refractivity contribution in [3.05, 3.63) is 30.0 Å². The fourth-order valence-electron chi connectivity index (χ4n) is 1.80. The van der Waals surface area contributed by atoms with Crippen molar-refractivity contribution in [3.8, 4) is 6.07 Å². The van der Waals surface area contributed by atoms with Crippen LogP contribution in [0.2, 0.25) is 0 Å². The quantitative estimate of drug-likeness (QED) is 0.875. The van der Waals surface area contributed by atoms with Crippen molar-refractivity contribution >= 4 is 16.6 Å². The predicted octanol–water partition coefficient (Wildman–Crippen LogP) is 2.07. The molecular weight excluding hydrogens is 240 g/mol. The highest BCUT2D eigenvalue weighted by molar-refractivity contribution is 5.93. The summed E-state index contributed by atoms with van der Waals surface area (Å²) in [6.45, 7) is 3.86. The molecule has 0 aliphatic rings. The number of nitrogens with zero attached hydrogens (tertiary/aromatic N) is 3. The number of benzene rings is 1. The third-order valence-corrected chi connectivity index (χ3v) is 3.33. The van der Waals surface area contributed by atoms with E-state index in [1.807, 2.05) is 44.2 Å². The van der Waals surface area contributed by atoms with Gasteiger partial charge < -0.3 is 10.4 Å². The maximum atomic E-state index is 9.50. The number of aromatic nitrogens is 2. The molecule has 0 amide bonds. The predicted molar refractivity (Wildman–Crippen MR) is 73.7 cm³/mol. The van der Waals surface area contributed by atoms with Gasteiger partial charge in [-0.1, -0.05) is 25.1 Å². The lowest BCUT2D eigenvalue weighted by Crippen LogP contribution is -2.38. The number of hydrogen-bond donors (Lipinski definition) is 2. The van der Waals surface area contributed by atoms with Gasteiger partial charge in [-0.25, -0.2) is 0 Å². The Hall–Kier alpha value is -2.19. The number of hydrogen-bond acceptors (Lipinski definition) is 5. The lowest BCUT2D eigenvalue weighted by Gasteiger charge is -2.29. The maximum absolute atomic E-state index is 9.50. The van der Waals surface area contributed by atoms with Gasteiger partial charge in [0.05, 0.1) is 23.3 Å². The summed E-state index contributed by atoms with van der Waals surface area (Å²) in [5.41, 5.74) is 1.11. The largest absolute Gasteiger partial charge is 0.394 e. The summed E-state index contributed by atoms with van der Waals surface area (Å²) in [4.78, 5) is 0. The summed E-state index contributed by atoms with van der Waals surface area (Å²) >= 11 is 0. The Kier molecular flexibility index (Phi) is 3.63. The minimum Gasteiger partial charge on any atom is -0.394 e. The fourth-order valence-corrected chi connectivity index (χ4v) is 1.80. The van der Waals surface area contributed by atoms with E-state index in [0.717, 1.165) is 17.3 Å². The van der Waals surface area contributed by atoms with E-state index in [0.29, 0.717) is 5.69 Å². The molecule has 2 aromatic rings. The molecule has 0 saturated carbocycles. The van der Waals surface area contributed by atoms with Gasteiger partial charge in [-0.05, 0) is 19.4 Å². The molecule has 0 radical (unpaired) electrons. The van der Waals surface area contributed by atoms with Gasteiger partial charge in [0.15, 0.2) is 5.69 Å². The standard InChI is InChI=1S/C14H16N4O/c1-3-14(2,9-19)16-13-10-6-4-5-7-11(10)17-18-12(13)8-15/h4-7,19H,3,9H2,1-2H3,(H,16,17). The molecule has 0 saturated heterocycles. The van der Waals surface area contributed by atoms with E-state index in [-0.39, 0.29) is 12.3 Å². The molecule has 1 aromatic carbocycles. The number of nitrogens with one attached hydrogen (secondary N) is 1. The topological polar surface area (TPSA) is 81.8 Å². The normalized spacial score (nSPS) is 13.8. The van der Waals surface area contributed by atoms with E-state index in [9.17, 15) is 5.11 Å². The van der Waals surface area contributed by atoms with E-state index in [4.69, 9.17) is 5.26 Å². The third kappa shape index (κ3) is 2.49. The van der Waals surface area contributed by atoms with Gasteiger partial charge >= 0.3 is 0 Å². The molecule has 0 bridgehead atoms. The minimum atomic E-state index is -0.489. The Morgan fingerprint density at radius 3 is 2.74 bits per heavy atom. The van der Waals surface area contributed by atoms with Crippen LogP contribution in [0.4, 0.5) is 5.69 Å². The first-order valence-electron chi connectivity index (χ1n) is 6.18. The molecule has 1 heterocycles. The van der Waals surface area contributed by atoms with Crippen molar-refractivity contribution in [1.29, 1.82) is 5.26 Å². The van der Waals surface area contributed by atoms with Crippen LogP contribution in [0.25, 0.3) is 10.9 Å². The van der Waals surface area contributed by atoms with Crippen LogP contribution >= 0.6 is 0 Å². The highest BCUT2D eigenvalue weighted by Crippen LogP contribution is 2.27. The van der Waals surface area contributed by atoms with Gasteiger partial charge in [0, 0.05) is 5.39 Å². The summed E-state index contributed by atoms with van der Waals surface area (Å²) in [6.07, 6.45) is 0.727. The van der Waals surface area contributed by atoms with Crippen molar-refractivity contribution in [2.45, 2.75) is 25.8 Å². The zero-order valence-corrected chi connectivity index (χ0v) is 11.0. The van der Waals surface area contributed by atoms with Gasteiger partial charge in [-0.15, -0.1) is 10.2 Å². The maximum Gasteiger partial charge on any atom is 0.186 e. The second kappa shape index (κ2) is 5.21. The average Bonchev–Trinajstić information content (AvgIpc) is 2.47. The molecule has 1 unspecified atom stereocenters. The monoisotopic (exact) mass is 256 g/mol. The molecule has 0 spiro atoms. The zero-order chi connectivity index (χ0) is 13.9. The van der Waals surface area contributed by atoms with Crippen LogP contribution in [-0.2, 0) is 0 Å². The van der Waals surface area contributed by atoms with Crippen molar-refractivity contribution in [2.24, 2.45) is 0 Å². The second-order valence-corrected chi connectivity index (χ2v) is 4.75. The Balaban J connectivity index is 2.60. The van der Waals surface area contributed by atoms with E-state index < -0.39 is 5.54 Å².